The van der Waals surface area contributed by atoms with Crippen molar-refractivity contribution in [3.8, 4) is 0 Å². The number of carboxylic acid groups (broad SMARTS) is 1. The van der Waals surface area contributed by atoms with Gasteiger partial charge in [0.25, 0.3) is 5.91 Å². The molecule has 1 N–H and O–H groups in total. The highest BCUT2D eigenvalue weighted by Crippen LogP contribution is 2.30. The molecule has 1 fully saturated rings. The van der Waals surface area contributed by atoms with Crippen molar-refractivity contribution < 1.29 is 14.7 Å². The molecule has 0 bridgehead atoms. The van der Waals surface area contributed by atoms with Crippen molar-refractivity contribution in [3.63, 3.8) is 0 Å². The first-order chi connectivity index (χ1) is 10.1. The van der Waals surface area contributed by atoms with Crippen LogP contribution in [-0.2, 0) is 17.6 Å². The van der Waals surface area contributed by atoms with Gasteiger partial charge in [-0.05, 0) is 43.7 Å². The summed E-state index contributed by atoms with van der Waals surface area (Å²) in [4.78, 5) is 27.4. The number of thiophene rings is 1. The molecule has 1 aromatic rings. The Kier molecular flexibility index (Phi) is 4.29. The number of nitrogens with zero attached hydrogens (tertiary/aromatic N) is 1. The third kappa shape index (κ3) is 3.12. The zero-order valence-corrected chi connectivity index (χ0v) is 13.0. The maximum atomic E-state index is 12.5. The molecule has 0 saturated carbocycles. The van der Waals surface area contributed by atoms with E-state index in [1.165, 1.54) is 36.1 Å². The molecule has 21 heavy (non-hydrogen) atoms. The fourth-order valence-corrected chi connectivity index (χ4v) is 4.47. The van der Waals surface area contributed by atoms with E-state index in [1.54, 1.807) is 16.2 Å². The monoisotopic (exact) mass is 307 g/mol. The Hall–Kier alpha value is -1.36. The Morgan fingerprint density at radius 2 is 1.95 bits per heavy atom. The lowest BCUT2D eigenvalue weighted by atomic mass is 10.00. The highest BCUT2D eigenvalue weighted by atomic mass is 32.1. The summed E-state index contributed by atoms with van der Waals surface area (Å²) in [5.41, 5.74) is 1.34. The number of carboxylic acids is 1. The van der Waals surface area contributed by atoms with E-state index in [0.29, 0.717) is 19.5 Å². The van der Waals surface area contributed by atoms with Crippen LogP contribution in [0.4, 0.5) is 0 Å². The quantitative estimate of drug-likeness (QED) is 0.914. The Morgan fingerprint density at radius 1 is 1.19 bits per heavy atom. The first kappa shape index (κ1) is 14.6. The highest BCUT2D eigenvalue weighted by Gasteiger charge is 2.32. The number of aryl methyl sites for hydroxylation is 2. The molecule has 4 nitrogen and oxygen atoms in total. The van der Waals surface area contributed by atoms with Gasteiger partial charge in [0.1, 0.15) is 0 Å². The average molecular weight is 307 g/mol. The fourth-order valence-electron chi connectivity index (χ4n) is 3.25. The Morgan fingerprint density at radius 3 is 2.67 bits per heavy atom. The summed E-state index contributed by atoms with van der Waals surface area (Å²) in [6.45, 7) is 0.926. The maximum Gasteiger partial charge on any atom is 0.308 e. The normalized spacial score (nSPS) is 22.5. The van der Waals surface area contributed by atoms with E-state index in [-0.39, 0.29) is 5.91 Å². The zero-order chi connectivity index (χ0) is 14.8. The van der Waals surface area contributed by atoms with Gasteiger partial charge in [0, 0.05) is 18.0 Å². The number of likely N-dealkylation sites (tertiary alicyclic amines) is 1. The number of amides is 1. The van der Waals surface area contributed by atoms with Crippen LogP contribution in [0.1, 0.15) is 52.2 Å². The van der Waals surface area contributed by atoms with Gasteiger partial charge in [-0.3, -0.25) is 9.59 Å². The van der Waals surface area contributed by atoms with E-state index in [2.05, 4.69) is 6.07 Å². The van der Waals surface area contributed by atoms with Crippen molar-refractivity contribution >= 4 is 23.2 Å². The molecule has 2 heterocycles. The molecule has 1 unspecified atom stereocenters. The highest BCUT2D eigenvalue weighted by molar-refractivity contribution is 7.14. The first-order valence-electron chi connectivity index (χ1n) is 7.79. The molecule has 0 spiro atoms. The molecule has 0 aromatic carbocycles. The predicted octanol–water partition coefficient (Wildman–Crippen LogP) is 2.95. The number of hydrogen-bond donors (Lipinski definition) is 1. The SMILES string of the molecule is O=C(O)C1CCN(C(=O)c2cc3c(s2)CCCCCC3)C1. The predicted molar refractivity (Wildman–Crippen MR) is 81.8 cm³/mol. The van der Waals surface area contributed by atoms with E-state index < -0.39 is 11.9 Å². The summed E-state index contributed by atoms with van der Waals surface area (Å²) in [5.74, 6) is -1.16. The van der Waals surface area contributed by atoms with Crippen LogP contribution in [0.3, 0.4) is 0 Å². The maximum absolute atomic E-state index is 12.5. The molecule has 1 saturated heterocycles. The van der Waals surface area contributed by atoms with Crippen molar-refractivity contribution in [1.82, 2.24) is 4.90 Å². The lowest BCUT2D eigenvalue weighted by Crippen LogP contribution is -2.29. The van der Waals surface area contributed by atoms with E-state index in [1.807, 2.05) is 0 Å². The lowest BCUT2D eigenvalue weighted by Gasteiger charge is -2.14. The molecule has 1 aromatic heterocycles. The van der Waals surface area contributed by atoms with Gasteiger partial charge in [0.2, 0.25) is 0 Å². The van der Waals surface area contributed by atoms with Crippen molar-refractivity contribution in [3.05, 3.63) is 21.4 Å². The van der Waals surface area contributed by atoms with E-state index >= 15 is 0 Å². The number of carbonyl (C=O) groups excluding carboxylic acids is 1. The standard InChI is InChI=1S/C16H21NO3S/c18-15(17-8-7-12(10-17)16(19)20)14-9-11-5-3-1-2-4-6-13(11)21-14/h9,12H,1-8,10H2,(H,19,20). The largest absolute Gasteiger partial charge is 0.481 e. The Labute approximate surface area is 128 Å². The molecule has 1 amide bonds. The first-order valence-corrected chi connectivity index (χ1v) is 8.60. The summed E-state index contributed by atoms with van der Waals surface area (Å²) < 4.78 is 0. The second-order valence-corrected chi connectivity index (χ2v) is 7.19. The number of aliphatic carboxylic acids is 1. The topological polar surface area (TPSA) is 57.6 Å². The van der Waals surface area contributed by atoms with Crippen LogP contribution in [0.5, 0.6) is 0 Å². The molecular weight excluding hydrogens is 286 g/mol. The summed E-state index contributed by atoms with van der Waals surface area (Å²) in [6.07, 6.45) is 7.74. The molecule has 2 aliphatic rings. The molecule has 3 rings (SSSR count). The molecule has 1 aliphatic heterocycles. The van der Waals surface area contributed by atoms with Crippen molar-refractivity contribution in [2.75, 3.05) is 13.1 Å². The van der Waals surface area contributed by atoms with Gasteiger partial charge in [-0.25, -0.2) is 0 Å². The third-order valence-electron chi connectivity index (χ3n) is 4.53. The van der Waals surface area contributed by atoms with Crippen LogP contribution < -0.4 is 0 Å². The van der Waals surface area contributed by atoms with E-state index in [0.717, 1.165) is 17.7 Å². The van der Waals surface area contributed by atoms with E-state index in [4.69, 9.17) is 5.11 Å². The third-order valence-corrected chi connectivity index (χ3v) is 5.76. The second kappa shape index (κ2) is 6.18. The minimum absolute atomic E-state index is 0.0236. The molecule has 0 radical (unpaired) electrons. The lowest BCUT2D eigenvalue weighted by molar-refractivity contribution is -0.141. The van der Waals surface area contributed by atoms with Crippen LogP contribution in [0.2, 0.25) is 0 Å². The number of fused-ring (bicyclic) bond motifs is 1. The van der Waals surface area contributed by atoms with Gasteiger partial charge in [0.15, 0.2) is 0 Å². The van der Waals surface area contributed by atoms with Gasteiger partial charge in [-0.15, -0.1) is 11.3 Å². The van der Waals surface area contributed by atoms with Gasteiger partial charge in [-0.1, -0.05) is 12.8 Å². The summed E-state index contributed by atoms with van der Waals surface area (Å²) in [5, 5.41) is 9.04. The summed E-state index contributed by atoms with van der Waals surface area (Å²) >= 11 is 1.62. The number of hydrogen-bond acceptors (Lipinski definition) is 3. The average Bonchev–Trinajstić information content (AvgIpc) is 3.05. The molecule has 114 valence electrons. The molecule has 1 atom stereocenters. The van der Waals surface area contributed by atoms with Crippen molar-refractivity contribution in [2.24, 2.45) is 5.92 Å². The van der Waals surface area contributed by atoms with Crippen LogP contribution in [0.15, 0.2) is 6.07 Å². The van der Waals surface area contributed by atoms with Gasteiger partial charge >= 0.3 is 5.97 Å². The van der Waals surface area contributed by atoms with Crippen LogP contribution in [-0.4, -0.2) is 35.0 Å². The van der Waals surface area contributed by atoms with Crippen molar-refractivity contribution in [2.45, 2.75) is 44.9 Å². The summed E-state index contributed by atoms with van der Waals surface area (Å²) in [6, 6.07) is 2.06. The van der Waals surface area contributed by atoms with Gasteiger partial charge in [-0.2, -0.15) is 0 Å². The number of rotatable bonds is 2. The van der Waals surface area contributed by atoms with Gasteiger partial charge < -0.3 is 10.0 Å². The second-order valence-electron chi connectivity index (χ2n) is 6.05. The Bertz CT molecular complexity index is 526. The van der Waals surface area contributed by atoms with Crippen LogP contribution >= 0.6 is 11.3 Å². The van der Waals surface area contributed by atoms with Crippen LogP contribution in [0, 0.1) is 5.92 Å². The fraction of sp³-hybridized carbons (Fsp3) is 0.625. The minimum atomic E-state index is -0.788. The molecule has 5 heteroatoms. The van der Waals surface area contributed by atoms with Gasteiger partial charge in [0.05, 0.1) is 10.8 Å². The van der Waals surface area contributed by atoms with E-state index in [9.17, 15) is 9.59 Å². The molecular formula is C16H21NO3S. The summed E-state index contributed by atoms with van der Waals surface area (Å²) in [7, 11) is 0. The van der Waals surface area contributed by atoms with Crippen molar-refractivity contribution in [1.29, 1.82) is 0 Å². The zero-order valence-electron chi connectivity index (χ0n) is 12.1. The number of carbonyl (C=O) groups is 2. The van der Waals surface area contributed by atoms with Crippen LogP contribution in [0.25, 0.3) is 0 Å². The smallest absolute Gasteiger partial charge is 0.308 e. The molecule has 1 aliphatic carbocycles. The Balaban J connectivity index is 1.73. The minimum Gasteiger partial charge on any atom is -0.481 e.